The van der Waals surface area contributed by atoms with Gasteiger partial charge in [-0.1, -0.05) is 0 Å². The van der Waals surface area contributed by atoms with Crippen LogP contribution in [0.5, 0.6) is 0 Å². The monoisotopic (exact) mass is 292 g/mol. The molecule has 0 saturated carbocycles. The Labute approximate surface area is 116 Å². The topological polar surface area (TPSA) is 59.1 Å². The summed E-state index contributed by atoms with van der Waals surface area (Å²) in [5.74, 6) is -7.02. The fourth-order valence-corrected chi connectivity index (χ4v) is 2.28. The predicted octanol–water partition coefficient (Wildman–Crippen LogP) is 2.42. The van der Waals surface area contributed by atoms with Gasteiger partial charge in [-0.2, -0.15) is 0 Å². The van der Waals surface area contributed by atoms with E-state index in [-0.39, 0.29) is 11.3 Å². The Morgan fingerprint density at radius 2 is 1.76 bits per heavy atom. The molecule has 1 aliphatic rings. The molecule has 0 bridgehead atoms. The first-order valence-electron chi connectivity index (χ1n) is 5.92. The Morgan fingerprint density at radius 1 is 1.10 bits per heavy atom. The number of benzene rings is 1. The minimum atomic E-state index is -1.69. The van der Waals surface area contributed by atoms with Gasteiger partial charge in [-0.25, -0.2) is 13.2 Å². The van der Waals surface area contributed by atoms with E-state index < -0.39 is 40.6 Å². The second-order valence-corrected chi connectivity index (χ2v) is 4.49. The zero-order valence-corrected chi connectivity index (χ0v) is 10.4. The fourth-order valence-electron chi connectivity index (χ4n) is 2.28. The second-order valence-electron chi connectivity index (χ2n) is 4.49. The number of nitrogens with zero attached hydrogens (tertiary/aromatic N) is 1. The molecule has 1 aromatic carbocycles. The van der Waals surface area contributed by atoms with E-state index in [1.165, 1.54) is 18.5 Å². The number of Topliss-reactive ketones (excluding diaryl/α,β-unsaturated/α-hetero) is 1. The fraction of sp³-hybridized carbons (Fsp3) is 0.0714. The van der Waals surface area contributed by atoms with Crippen molar-refractivity contribution < 1.29 is 22.8 Å². The first-order valence-corrected chi connectivity index (χ1v) is 5.92. The molecule has 0 radical (unpaired) electrons. The van der Waals surface area contributed by atoms with Crippen LogP contribution in [0.25, 0.3) is 0 Å². The quantitative estimate of drug-likeness (QED) is 0.821. The van der Waals surface area contributed by atoms with Crippen LogP contribution in [0, 0.1) is 17.5 Å². The molecule has 2 heterocycles. The van der Waals surface area contributed by atoms with Crippen LogP contribution in [0.1, 0.15) is 21.8 Å². The van der Waals surface area contributed by atoms with Gasteiger partial charge in [0.2, 0.25) is 5.91 Å². The average molecular weight is 292 g/mol. The number of amides is 1. The molecule has 1 unspecified atom stereocenters. The van der Waals surface area contributed by atoms with Crippen LogP contribution in [0.2, 0.25) is 0 Å². The molecule has 1 atom stereocenters. The van der Waals surface area contributed by atoms with Crippen LogP contribution in [0.4, 0.5) is 18.9 Å². The van der Waals surface area contributed by atoms with Crippen molar-refractivity contribution in [3.63, 3.8) is 0 Å². The highest BCUT2D eigenvalue weighted by Gasteiger charge is 2.39. The minimum absolute atomic E-state index is 0.0951. The molecule has 4 nitrogen and oxygen atoms in total. The summed E-state index contributed by atoms with van der Waals surface area (Å²) in [6.45, 7) is 0. The SMILES string of the molecule is O=C1Nc2cnccc2C(=O)C1c1c(F)cc(F)cc1F. The van der Waals surface area contributed by atoms with Gasteiger partial charge in [-0.15, -0.1) is 0 Å². The van der Waals surface area contributed by atoms with E-state index in [0.29, 0.717) is 12.1 Å². The summed E-state index contributed by atoms with van der Waals surface area (Å²) in [5, 5.41) is 2.36. The van der Waals surface area contributed by atoms with Crippen molar-refractivity contribution in [3.8, 4) is 0 Å². The van der Waals surface area contributed by atoms with Gasteiger partial charge in [-0.05, 0) is 6.07 Å². The maximum atomic E-state index is 13.8. The van der Waals surface area contributed by atoms with Crippen LogP contribution >= 0.6 is 0 Å². The largest absolute Gasteiger partial charge is 0.323 e. The molecule has 106 valence electrons. The standard InChI is InChI=1S/C14H7F3N2O2/c15-6-3-8(16)11(9(17)4-6)12-13(20)7-1-2-18-5-10(7)19-14(12)21/h1-5,12H,(H,19,21). The molecule has 0 saturated heterocycles. The van der Waals surface area contributed by atoms with Crippen molar-refractivity contribution >= 4 is 17.4 Å². The molecule has 1 amide bonds. The van der Waals surface area contributed by atoms with Gasteiger partial charge in [0, 0.05) is 29.5 Å². The number of rotatable bonds is 1. The van der Waals surface area contributed by atoms with Gasteiger partial charge < -0.3 is 5.32 Å². The van der Waals surface area contributed by atoms with Crippen LogP contribution < -0.4 is 5.32 Å². The van der Waals surface area contributed by atoms with E-state index in [9.17, 15) is 22.8 Å². The lowest BCUT2D eigenvalue weighted by atomic mass is 9.86. The van der Waals surface area contributed by atoms with E-state index in [2.05, 4.69) is 10.3 Å². The molecule has 0 aliphatic carbocycles. The molecular weight excluding hydrogens is 285 g/mol. The molecule has 21 heavy (non-hydrogen) atoms. The van der Waals surface area contributed by atoms with Crippen molar-refractivity contribution in [3.05, 3.63) is 59.2 Å². The summed E-state index contributed by atoms with van der Waals surface area (Å²) in [5.41, 5.74) is -0.495. The summed E-state index contributed by atoms with van der Waals surface area (Å²) in [6.07, 6.45) is 2.58. The summed E-state index contributed by atoms with van der Waals surface area (Å²) >= 11 is 0. The first kappa shape index (κ1) is 13.3. The molecule has 3 rings (SSSR count). The van der Waals surface area contributed by atoms with Crippen molar-refractivity contribution in [2.75, 3.05) is 5.32 Å². The van der Waals surface area contributed by atoms with Gasteiger partial charge in [0.1, 0.15) is 23.4 Å². The molecule has 0 fully saturated rings. The third kappa shape index (κ3) is 2.06. The number of nitrogens with one attached hydrogen (secondary N) is 1. The molecule has 0 spiro atoms. The number of pyridine rings is 1. The van der Waals surface area contributed by atoms with Gasteiger partial charge in [-0.3, -0.25) is 14.6 Å². The summed E-state index contributed by atoms with van der Waals surface area (Å²) < 4.78 is 40.5. The van der Waals surface area contributed by atoms with Crippen molar-refractivity contribution in [2.45, 2.75) is 5.92 Å². The van der Waals surface area contributed by atoms with Gasteiger partial charge >= 0.3 is 0 Å². The summed E-state index contributed by atoms with van der Waals surface area (Å²) in [6, 6.07) is 2.20. The number of carbonyl (C=O) groups excluding carboxylic acids is 2. The predicted molar refractivity (Wildman–Crippen MR) is 66.3 cm³/mol. The van der Waals surface area contributed by atoms with E-state index >= 15 is 0 Å². The van der Waals surface area contributed by atoms with E-state index in [1.54, 1.807) is 0 Å². The normalized spacial score (nSPS) is 17.4. The molecular formula is C14H7F3N2O2. The number of ketones is 1. The van der Waals surface area contributed by atoms with Gasteiger partial charge in [0.25, 0.3) is 0 Å². The lowest BCUT2D eigenvalue weighted by Gasteiger charge is -2.23. The Hall–Kier alpha value is -2.70. The molecule has 1 N–H and O–H groups in total. The van der Waals surface area contributed by atoms with Crippen LogP contribution in [0.15, 0.2) is 30.6 Å². The number of aromatic nitrogens is 1. The van der Waals surface area contributed by atoms with Crippen LogP contribution in [-0.2, 0) is 4.79 Å². The van der Waals surface area contributed by atoms with Crippen LogP contribution in [-0.4, -0.2) is 16.7 Å². The zero-order chi connectivity index (χ0) is 15.1. The zero-order valence-electron chi connectivity index (χ0n) is 10.4. The van der Waals surface area contributed by atoms with E-state index in [4.69, 9.17) is 0 Å². The summed E-state index contributed by atoms with van der Waals surface area (Å²) in [7, 11) is 0. The number of hydrogen-bond acceptors (Lipinski definition) is 3. The number of carbonyl (C=O) groups is 2. The van der Waals surface area contributed by atoms with Gasteiger partial charge in [0.15, 0.2) is 5.78 Å². The molecule has 1 aromatic heterocycles. The Kier molecular flexibility index (Phi) is 2.97. The summed E-state index contributed by atoms with van der Waals surface area (Å²) in [4.78, 5) is 28.0. The minimum Gasteiger partial charge on any atom is -0.323 e. The highest BCUT2D eigenvalue weighted by atomic mass is 19.1. The second kappa shape index (κ2) is 4.69. The Bertz CT molecular complexity index is 754. The molecule has 7 heteroatoms. The number of hydrogen-bond donors (Lipinski definition) is 1. The van der Waals surface area contributed by atoms with E-state index in [0.717, 1.165) is 0 Å². The Morgan fingerprint density at radius 3 is 2.43 bits per heavy atom. The third-order valence-corrected chi connectivity index (χ3v) is 3.20. The van der Waals surface area contributed by atoms with E-state index in [1.807, 2.05) is 0 Å². The first-order chi connectivity index (χ1) is 9.99. The number of halogens is 3. The average Bonchev–Trinajstić information content (AvgIpc) is 2.41. The highest BCUT2D eigenvalue weighted by Crippen LogP contribution is 2.33. The lowest BCUT2D eigenvalue weighted by Crippen LogP contribution is -2.34. The number of fused-ring (bicyclic) bond motifs is 1. The molecule has 2 aromatic rings. The van der Waals surface area contributed by atoms with Crippen LogP contribution in [0.3, 0.4) is 0 Å². The van der Waals surface area contributed by atoms with Crippen molar-refractivity contribution in [2.24, 2.45) is 0 Å². The third-order valence-electron chi connectivity index (χ3n) is 3.20. The number of anilines is 1. The Balaban J connectivity index is 2.17. The maximum Gasteiger partial charge on any atom is 0.240 e. The lowest BCUT2D eigenvalue weighted by molar-refractivity contribution is -0.116. The van der Waals surface area contributed by atoms with Crippen molar-refractivity contribution in [1.82, 2.24) is 4.98 Å². The highest BCUT2D eigenvalue weighted by molar-refractivity contribution is 6.24. The molecule has 1 aliphatic heterocycles. The smallest absolute Gasteiger partial charge is 0.240 e. The van der Waals surface area contributed by atoms with Gasteiger partial charge in [0.05, 0.1) is 11.9 Å². The maximum absolute atomic E-state index is 13.8. The van der Waals surface area contributed by atoms with Crippen molar-refractivity contribution in [1.29, 1.82) is 0 Å².